The lowest BCUT2D eigenvalue weighted by molar-refractivity contribution is -0.384. The standard InChI is InChI=1S/C15H20N2O6/c1-14(2,3)22-12(18)15(4,13(19)23-16)9-10-5-7-11(8-6-10)17(20)21/h5-8H,9,16H2,1-4H3. The van der Waals surface area contributed by atoms with Gasteiger partial charge < -0.3 is 9.57 Å². The molecule has 0 fully saturated rings. The number of ether oxygens (including phenoxy) is 1. The van der Waals surface area contributed by atoms with Gasteiger partial charge in [0.2, 0.25) is 0 Å². The first kappa shape index (κ1) is 18.6. The van der Waals surface area contributed by atoms with Crippen molar-refractivity contribution in [2.45, 2.75) is 39.7 Å². The van der Waals surface area contributed by atoms with Crippen molar-refractivity contribution in [1.29, 1.82) is 0 Å². The fourth-order valence-electron chi connectivity index (χ4n) is 1.89. The number of esters is 1. The number of benzene rings is 1. The molecule has 0 saturated carbocycles. The highest BCUT2D eigenvalue weighted by atomic mass is 16.7. The minimum atomic E-state index is -1.65. The molecule has 0 amide bonds. The molecule has 8 nitrogen and oxygen atoms in total. The van der Waals surface area contributed by atoms with Crippen LogP contribution in [0.5, 0.6) is 0 Å². The molecule has 2 N–H and O–H groups in total. The summed E-state index contributed by atoms with van der Waals surface area (Å²) in [6.45, 7) is 6.37. The number of nitrogens with two attached hydrogens (primary N) is 1. The molecule has 1 aromatic rings. The minimum absolute atomic E-state index is 0.0596. The van der Waals surface area contributed by atoms with Gasteiger partial charge in [0.1, 0.15) is 5.60 Å². The molecule has 0 aromatic heterocycles. The molecule has 0 bridgehead atoms. The van der Waals surface area contributed by atoms with Crippen molar-refractivity contribution in [3.05, 3.63) is 39.9 Å². The molecule has 1 atom stereocenters. The second-order valence-corrected chi connectivity index (χ2v) is 6.34. The summed E-state index contributed by atoms with van der Waals surface area (Å²) in [6, 6.07) is 5.51. The van der Waals surface area contributed by atoms with Crippen LogP contribution in [0, 0.1) is 15.5 Å². The third kappa shape index (κ3) is 4.75. The number of hydrogen-bond acceptors (Lipinski definition) is 7. The van der Waals surface area contributed by atoms with E-state index in [-0.39, 0.29) is 12.1 Å². The van der Waals surface area contributed by atoms with Crippen molar-refractivity contribution in [2.75, 3.05) is 0 Å². The highest BCUT2D eigenvalue weighted by molar-refractivity contribution is 6.00. The first-order valence-corrected chi connectivity index (χ1v) is 6.87. The van der Waals surface area contributed by atoms with Crippen LogP contribution in [-0.4, -0.2) is 22.5 Å². The number of nitrogens with zero attached hydrogens (tertiary/aromatic N) is 1. The predicted octanol–water partition coefficient (Wildman–Crippen LogP) is 1.90. The fraction of sp³-hybridized carbons (Fsp3) is 0.467. The minimum Gasteiger partial charge on any atom is -0.459 e. The van der Waals surface area contributed by atoms with Crippen LogP contribution in [0.25, 0.3) is 0 Å². The van der Waals surface area contributed by atoms with Crippen molar-refractivity contribution >= 4 is 17.6 Å². The van der Waals surface area contributed by atoms with Gasteiger partial charge in [-0.2, -0.15) is 5.90 Å². The Labute approximate surface area is 133 Å². The molecule has 1 unspecified atom stereocenters. The van der Waals surface area contributed by atoms with E-state index in [1.165, 1.54) is 31.2 Å². The maximum absolute atomic E-state index is 12.4. The number of carbonyl (C=O) groups excluding carboxylic acids is 2. The van der Waals surface area contributed by atoms with Crippen LogP contribution in [0.15, 0.2) is 24.3 Å². The first-order chi connectivity index (χ1) is 10.5. The number of nitro groups is 1. The summed E-state index contributed by atoms with van der Waals surface area (Å²) in [7, 11) is 0. The van der Waals surface area contributed by atoms with Crippen LogP contribution in [0.4, 0.5) is 5.69 Å². The van der Waals surface area contributed by atoms with Gasteiger partial charge >= 0.3 is 11.9 Å². The second kappa shape index (κ2) is 6.74. The van der Waals surface area contributed by atoms with Crippen molar-refractivity contribution in [1.82, 2.24) is 0 Å². The van der Waals surface area contributed by atoms with E-state index in [4.69, 9.17) is 10.6 Å². The molecule has 0 aliphatic rings. The Bertz CT molecular complexity index is 605. The Balaban J connectivity index is 3.09. The zero-order valence-electron chi connectivity index (χ0n) is 13.5. The van der Waals surface area contributed by atoms with Crippen molar-refractivity contribution in [3.8, 4) is 0 Å². The SMILES string of the molecule is CC(C)(C)OC(=O)C(C)(Cc1ccc([N+](=O)[O-])cc1)C(=O)ON. The molecule has 1 aromatic carbocycles. The van der Waals surface area contributed by atoms with Crippen molar-refractivity contribution in [2.24, 2.45) is 11.3 Å². The zero-order valence-corrected chi connectivity index (χ0v) is 13.5. The van der Waals surface area contributed by atoms with Gasteiger partial charge in [-0.15, -0.1) is 0 Å². The molecule has 1 rings (SSSR count). The third-order valence-electron chi connectivity index (χ3n) is 3.11. The maximum atomic E-state index is 12.4. The molecule has 0 aliphatic carbocycles. The Kier molecular flexibility index (Phi) is 5.44. The second-order valence-electron chi connectivity index (χ2n) is 6.34. The number of non-ortho nitro benzene ring substituents is 1. The van der Waals surface area contributed by atoms with Gasteiger partial charge in [-0.1, -0.05) is 12.1 Å². The maximum Gasteiger partial charge on any atom is 0.341 e. The van der Waals surface area contributed by atoms with E-state index in [9.17, 15) is 19.7 Å². The Hall–Kier alpha value is -2.48. The van der Waals surface area contributed by atoms with Crippen LogP contribution in [0.3, 0.4) is 0 Å². The third-order valence-corrected chi connectivity index (χ3v) is 3.11. The summed E-state index contributed by atoms with van der Waals surface area (Å²) in [5, 5.41) is 10.7. The van der Waals surface area contributed by atoms with E-state index in [1.807, 2.05) is 0 Å². The average molecular weight is 324 g/mol. The molecule has 23 heavy (non-hydrogen) atoms. The average Bonchev–Trinajstić information content (AvgIpc) is 2.44. The molecular weight excluding hydrogens is 304 g/mol. The van der Waals surface area contributed by atoms with E-state index in [0.29, 0.717) is 5.56 Å². The Morgan fingerprint density at radius 2 is 1.65 bits per heavy atom. The normalized spacial score (nSPS) is 13.8. The molecule has 0 spiro atoms. The molecule has 0 radical (unpaired) electrons. The number of nitro benzene ring substituents is 1. The molecule has 126 valence electrons. The predicted molar refractivity (Wildman–Crippen MR) is 81.0 cm³/mol. The van der Waals surface area contributed by atoms with Crippen molar-refractivity contribution in [3.63, 3.8) is 0 Å². The van der Waals surface area contributed by atoms with E-state index in [2.05, 4.69) is 4.84 Å². The van der Waals surface area contributed by atoms with Gasteiger partial charge in [-0.3, -0.25) is 14.9 Å². The number of hydrogen-bond donors (Lipinski definition) is 1. The lowest BCUT2D eigenvalue weighted by atomic mass is 9.83. The molecule has 0 aliphatic heterocycles. The van der Waals surface area contributed by atoms with Gasteiger partial charge in [-0.05, 0) is 39.7 Å². The number of carbonyl (C=O) groups is 2. The fourth-order valence-corrected chi connectivity index (χ4v) is 1.89. The smallest absolute Gasteiger partial charge is 0.341 e. The van der Waals surface area contributed by atoms with Gasteiger partial charge in [0, 0.05) is 12.1 Å². The van der Waals surface area contributed by atoms with Crippen LogP contribution >= 0.6 is 0 Å². The van der Waals surface area contributed by atoms with Gasteiger partial charge in [0.05, 0.1) is 4.92 Å². The van der Waals surface area contributed by atoms with Gasteiger partial charge in [0.25, 0.3) is 5.69 Å². The Morgan fingerprint density at radius 1 is 1.13 bits per heavy atom. The zero-order chi connectivity index (χ0) is 17.8. The quantitative estimate of drug-likeness (QED) is 0.380. The first-order valence-electron chi connectivity index (χ1n) is 6.87. The van der Waals surface area contributed by atoms with E-state index in [0.717, 1.165) is 0 Å². The summed E-state index contributed by atoms with van der Waals surface area (Å²) < 4.78 is 5.26. The van der Waals surface area contributed by atoms with Crippen LogP contribution < -0.4 is 5.90 Å². The van der Waals surface area contributed by atoms with Crippen LogP contribution in [-0.2, 0) is 25.6 Å². The highest BCUT2D eigenvalue weighted by Crippen LogP contribution is 2.29. The van der Waals surface area contributed by atoms with Gasteiger partial charge in [-0.25, -0.2) is 4.79 Å². The highest BCUT2D eigenvalue weighted by Gasteiger charge is 2.46. The molecular formula is C15H20N2O6. The largest absolute Gasteiger partial charge is 0.459 e. The molecule has 0 saturated heterocycles. The summed E-state index contributed by atoms with van der Waals surface area (Å²) in [6.07, 6.45) is -0.0596. The van der Waals surface area contributed by atoms with E-state index >= 15 is 0 Å². The summed E-state index contributed by atoms with van der Waals surface area (Å²) >= 11 is 0. The van der Waals surface area contributed by atoms with E-state index in [1.54, 1.807) is 20.8 Å². The molecule has 8 heteroatoms. The summed E-state index contributed by atoms with van der Waals surface area (Å²) in [4.78, 5) is 38.7. The lowest BCUT2D eigenvalue weighted by Crippen LogP contribution is -2.44. The van der Waals surface area contributed by atoms with Crippen LogP contribution in [0.2, 0.25) is 0 Å². The monoisotopic (exact) mass is 324 g/mol. The summed E-state index contributed by atoms with van der Waals surface area (Å²) in [5.74, 6) is 3.21. The van der Waals surface area contributed by atoms with Crippen LogP contribution in [0.1, 0.15) is 33.3 Å². The number of rotatable bonds is 5. The topological polar surface area (TPSA) is 122 Å². The molecule has 0 heterocycles. The Morgan fingerprint density at radius 3 is 2.04 bits per heavy atom. The lowest BCUT2D eigenvalue weighted by Gasteiger charge is -2.29. The van der Waals surface area contributed by atoms with Crippen molar-refractivity contribution < 1.29 is 24.1 Å². The van der Waals surface area contributed by atoms with E-state index < -0.39 is 27.9 Å². The summed E-state index contributed by atoms with van der Waals surface area (Å²) in [5.41, 5.74) is -2.00. The van der Waals surface area contributed by atoms with Gasteiger partial charge in [0.15, 0.2) is 5.41 Å².